The van der Waals surface area contributed by atoms with Crippen molar-refractivity contribution in [3.05, 3.63) is 28.8 Å². The van der Waals surface area contributed by atoms with Gasteiger partial charge in [-0.2, -0.15) is 5.26 Å². The fourth-order valence-corrected chi connectivity index (χ4v) is 2.13. The fraction of sp³-hybridized carbons (Fsp3) is 0.462. The summed E-state index contributed by atoms with van der Waals surface area (Å²) in [6, 6.07) is 7.57. The molecular weight excluding hydrogens is 236 g/mol. The van der Waals surface area contributed by atoms with Crippen LogP contribution < -0.4 is 10.1 Å². The van der Waals surface area contributed by atoms with Crippen LogP contribution in [-0.4, -0.2) is 19.2 Å². The molecule has 2 rings (SSSR count). The van der Waals surface area contributed by atoms with Crippen molar-refractivity contribution in [3.63, 3.8) is 0 Å². The first-order valence-electron chi connectivity index (χ1n) is 5.85. The van der Waals surface area contributed by atoms with E-state index in [0.29, 0.717) is 29.0 Å². The summed E-state index contributed by atoms with van der Waals surface area (Å²) in [6.07, 6.45) is 3.60. The van der Waals surface area contributed by atoms with E-state index >= 15 is 0 Å². The van der Waals surface area contributed by atoms with Crippen molar-refractivity contribution < 1.29 is 4.74 Å². The van der Waals surface area contributed by atoms with Gasteiger partial charge in [-0.15, -0.1) is 0 Å². The van der Waals surface area contributed by atoms with Crippen LogP contribution in [0.2, 0.25) is 5.02 Å². The van der Waals surface area contributed by atoms with Crippen LogP contribution in [0.3, 0.4) is 0 Å². The number of hydrogen-bond acceptors (Lipinski definition) is 3. The monoisotopic (exact) mass is 250 g/mol. The van der Waals surface area contributed by atoms with Crippen LogP contribution >= 0.6 is 11.6 Å². The summed E-state index contributed by atoms with van der Waals surface area (Å²) < 4.78 is 5.68. The van der Waals surface area contributed by atoms with Gasteiger partial charge in [0.2, 0.25) is 0 Å². The summed E-state index contributed by atoms with van der Waals surface area (Å²) in [6.45, 7) is 1.64. The molecule has 1 unspecified atom stereocenters. The standard InChI is InChI=1S/C13H15ClN2O/c14-11-5-4-10(8-15)13(7-11)17-9-12-3-1-2-6-16-12/h4-5,7,12,16H,1-3,6,9H2. The normalized spacial score (nSPS) is 19.6. The summed E-state index contributed by atoms with van der Waals surface area (Å²) in [4.78, 5) is 0. The number of benzene rings is 1. The Hall–Kier alpha value is -1.24. The molecule has 0 amide bonds. The summed E-state index contributed by atoms with van der Waals surface area (Å²) in [5.41, 5.74) is 0.533. The Kier molecular flexibility index (Phi) is 4.24. The van der Waals surface area contributed by atoms with Gasteiger partial charge in [0, 0.05) is 17.1 Å². The Balaban J connectivity index is 1.98. The van der Waals surface area contributed by atoms with E-state index in [1.807, 2.05) is 0 Å². The molecule has 90 valence electrons. The molecular formula is C13H15ClN2O. The van der Waals surface area contributed by atoms with E-state index in [1.165, 1.54) is 12.8 Å². The second-order valence-electron chi connectivity index (χ2n) is 4.21. The zero-order valence-corrected chi connectivity index (χ0v) is 10.3. The lowest BCUT2D eigenvalue weighted by Crippen LogP contribution is -2.38. The molecule has 0 saturated carbocycles. The van der Waals surface area contributed by atoms with Crippen molar-refractivity contribution in [3.8, 4) is 11.8 Å². The lowest BCUT2D eigenvalue weighted by Gasteiger charge is -2.23. The van der Waals surface area contributed by atoms with Gasteiger partial charge in [-0.3, -0.25) is 0 Å². The zero-order valence-electron chi connectivity index (χ0n) is 9.58. The van der Waals surface area contributed by atoms with Gasteiger partial charge in [0.25, 0.3) is 0 Å². The molecule has 0 radical (unpaired) electrons. The molecule has 1 atom stereocenters. The Morgan fingerprint density at radius 2 is 2.35 bits per heavy atom. The molecule has 1 saturated heterocycles. The van der Waals surface area contributed by atoms with Crippen molar-refractivity contribution in [2.45, 2.75) is 25.3 Å². The number of nitriles is 1. The number of piperidine rings is 1. The molecule has 1 fully saturated rings. The third-order valence-corrected chi connectivity index (χ3v) is 3.15. The summed E-state index contributed by atoms with van der Waals surface area (Å²) in [5, 5.41) is 13.0. The fourth-order valence-electron chi connectivity index (χ4n) is 1.96. The van der Waals surface area contributed by atoms with Crippen LogP contribution in [-0.2, 0) is 0 Å². The van der Waals surface area contributed by atoms with Crippen molar-refractivity contribution >= 4 is 11.6 Å². The molecule has 1 aromatic rings. The summed E-state index contributed by atoms with van der Waals surface area (Å²) in [7, 11) is 0. The van der Waals surface area contributed by atoms with E-state index < -0.39 is 0 Å². The Bertz CT molecular complexity index is 422. The summed E-state index contributed by atoms with van der Waals surface area (Å²) >= 11 is 5.89. The number of nitrogens with one attached hydrogen (secondary N) is 1. The molecule has 1 aromatic carbocycles. The highest BCUT2D eigenvalue weighted by Gasteiger charge is 2.14. The number of rotatable bonds is 3. The minimum atomic E-state index is 0.384. The Morgan fingerprint density at radius 1 is 1.47 bits per heavy atom. The highest BCUT2D eigenvalue weighted by Crippen LogP contribution is 2.23. The SMILES string of the molecule is N#Cc1ccc(Cl)cc1OCC1CCCCN1. The number of hydrogen-bond donors (Lipinski definition) is 1. The molecule has 0 spiro atoms. The van der Waals surface area contributed by atoms with E-state index in [4.69, 9.17) is 21.6 Å². The molecule has 1 heterocycles. The number of ether oxygens (including phenoxy) is 1. The van der Waals surface area contributed by atoms with Gasteiger partial charge in [-0.25, -0.2) is 0 Å². The minimum absolute atomic E-state index is 0.384. The van der Waals surface area contributed by atoms with E-state index in [1.54, 1.807) is 18.2 Å². The maximum atomic E-state index is 8.96. The minimum Gasteiger partial charge on any atom is -0.491 e. The second kappa shape index (κ2) is 5.90. The molecule has 1 aliphatic heterocycles. The van der Waals surface area contributed by atoms with Gasteiger partial charge in [0.05, 0.1) is 5.56 Å². The van der Waals surface area contributed by atoms with Gasteiger partial charge >= 0.3 is 0 Å². The first-order valence-corrected chi connectivity index (χ1v) is 6.23. The highest BCUT2D eigenvalue weighted by atomic mass is 35.5. The van der Waals surface area contributed by atoms with Gasteiger partial charge in [-0.1, -0.05) is 18.0 Å². The van der Waals surface area contributed by atoms with E-state index in [-0.39, 0.29) is 0 Å². The largest absolute Gasteiger partial charge is 0.491 e. The molecule has 0 aromatic heterocycles. The molecule has 17 heavy (non-hydrogen) atoms. The summed E-state index contributed by atoms with van der Waals surface area (Å²) in [5.74, 6) is 0.576. The van der Waals surface area contributed by atoms with Gasteiger partial charge in [0.1, 0.15) is 18.4 Å². The third-order valence-electron chi connectivity index (χ3n) is 2.92. The highest BCUT2D eigenvalue weighted by molar-refractivity contribution is 6.30. The van der Waals surface area contributed by atoms with Gasteiger partial charge in [0.15, 0.2) is 0 Å². The second-order valence-corrected chi connectivity index (χ2v) is 4.65. The Labute approximate surface area is 106 Å². The number of halogens is 1. The van der Waals surface area contributed by atoms with E-state index in [9.17, 15) is 0 Å². The lowest BCUT2D eigenvalue weighted by atomic mass is 10.1. The quantitative estimate of drug-likeness (QED) is 0.897. The van der Waals surface area contributed by atoms with Crippen LogP contribution in [0.25, 0.3) is 0 Å². The van der Waals surface area contributed by atoms with E-state index in [2.05, 4.69) is 11.4 Å². The van der Waals surface area contributed by atoms with Crippen molar-refractivity contribution in [2.24, 2.45) is 0 Å². The predicted octanol–water partition coefficient (Wildman–Crippen LogP) is 2.73. The average molecular weight is 251 g/mol. The van der Waals surface area contributed by atoms with Crippen LogP contribution in [0.15, 0.2) is 18.2 Å². The lowest BCUT2D eigenvalue weighted by molar-refractivity contribution is 0.238. The zero-order chi connectivity index (χ0) is 12.1. The molecule has 1 N–H and O–H groups in total. The van der Waals surface area contributed by atoms with Crippen molar-refractivity contribution in [1.82, 2.24) is 5.32 Å². The predicted molar refractivity (Wildman–Crippen MR) is 67.3 cm³/mol. The molecule has 4 heteroatoms. The maximum absolute atomic E-state index is 8.96. The van der Waals surface area contributed by atoms with Crippen LogP contribution in [0.4, 0.5) is 0 Å². The first-order chi connectivity index (χ1) is 8.29. The van der Waals surface area contributed by atoms with Crippen LogP contribution in [0, 0.1) is 11.3 Å². The third kappa shape index (κ3) is 3.36. The van der Waals surface area contributed by atoms with Gasteiger partial charge in [-0.05, 0) is 31.5 Å². The van der Waals surface area contributed by atoms with Crippen LogP contribution in [0.5, 0.6) is 5.75 Å². The molecule has 0 aliphatic carbocycles. The van der Waals surface area contributed by atoms with Crippen molar-refractivity contribution in [2.75, 3.05) is 13.2 Å². The number of nitrogens with zero attached hydrogens (tertiary/aromatic N) is 1. The van der Waals surface area contributed by atoms with E-state index in [0.717, 1.165) is 13.0 Å². The smallest absolute Gasteiger partial charge is 0.138 e. The molecule has 1 aliphatic rings. The Morgan fingerprint density at radius 3 is 3.06 bits per heavy atom. The van der Waals surface area contributed by atoms with Crippen molar-refractivity contribution in [1.29, 1.82) is 5.26 Å². The first kappa shape index (κ1) is 12.2. The average Bonchev–Trinajstić information content (AvgIpc) is 2.38. The topological polar surface area (TPSA) is 45.0 Å². The maximum Gasteiger partial charge on any atom is 0.138 e. The molecule has 3 nitrogen and oxygen atoms in total. The van der Waals surface area contributed by atoms with Crippen LogP contribution in [0.1, 0.15) is 24.8 Å². The van der Waals surface area contributed by atoms with Gasteiger partial charge < -0.3 is 10.1 Å². The molecule has 0 bridgehead atoms.